The molecule has 4 N–H and O–H groups in total. The zero-order valence-corrected chi connectivity index (χ0v) is 41.0. The Bertz CT molecular complexity index is 683. The molecule has 0 bridgehead atoms. The summed E-state index contributed by atoms with van der Waals surface area (Å²) in [5.41, 5.74) is 0. The van der Waals surface area contributed by atoms with Crippen molar-refractivity contribution in [2.75, 3.05) is 0 Å². The van der Waals surface area contributed by atoms with Crippen LogP contribution in [0.5, 0.6) is 0 Å². The molecule has 0 aromatic rings. The summed E-state index contributed by atoms with van der Waals surface area (Å²) in [6.45, 7) is 37.8. The molecule has 0 amide bonds. The van der Waals surface area contributed by atoms with Gasteiger partial charge < -0.3 is 37.9 Å². The third-order valence-corrected chi connectivity index (χ3v) is 6.10. The van der Waals surface area contributed by atoms with Crippen molar-refractivity contribution < 1.29 is 100 Å². The second-order valence-electron chi connectivity index (χ2n) is 15.4. The Kier molecular flexibility index (Phi) is 42.6. The topological polar surface area (TPSA) is 192 Å². The fourth-order valence-electron chi connectivity index (χ4n) is 5.03. The molecule has 0 aliphatic rings. The summed E-state index contributed by atoms with van der Waals surface area (Å²) in [4.78, 5) is 17.4. The second-order valence-corrected chi connectivity index (χ2v) is 15.4. The van der Waals surface area contributed by atoms with E-state index in [9.17, 15) is 0 Å². The summed E-state index contributed by atoms with van der Waals surface area (Å²) in [7, 11) is 0. The van der Waals surface area contributed by atoms with E-state index in [2.05, 4.69) is 19.6 Å². The van der Waals surface area contributed by atoms with Gasteiger partial charge in [0.2, 0.25) is 0 Å². The third kappa shape index (κ3) is 35.4. The predicted octanol–water partition coefficient (Wildman–Crippen LogP) is 11.1. The minimum Gasteiger partial charge on any atom is -0.323 e. The smallest absolute Gasteiger partial charge is 0.312 e. The van der Waals surface area contributed by atoms with Crippen molar-refractivity contribution >= 4 is 0 Å². The zero-order valence-electron chi connectivity index (χ0n) is 39.5. The van der Waals surface area contributed by atoms with E-state index in [1.54, 1.807) is 0 Å². The predicted molar refractivity (Wildman–Crippen MR) is 215 cm³/mol. The van der Waals surface area contributed by atoms with Gasteiger partial charge in [-0.3, -0.25) is 0 Å². The van der Waals surface area contributed by atoms with Crippen molar-refractivity contribution in [3.8, 4) is 0 Å². The van der Waals surface area contributed by atoms with Crippen molar-refractivity contribution in [3.63, 3.8) is 0 Å². The molecule has 0 heterocycles. The van der Waals surface area contributed by atoms with Crippen molar-refractivity contribution in [1.82, 2.24) is 0 Å². The van der Waals surface area contributed by atoms with E-state index in [1.165, 1.54) is 0 Å². The molecule has 348 valence electrons. The van der Waals surface area contributed by atoms with Gasteiger partial charge in [-0.15, -0.1) is 0 Å². The van der Waals surface area contributed by atoms with Gasteiger partial charge in [0.15, 0.2) is 0 Å². The molecule has 0 saturated carbocycles. The molecule has 0 radical (unpaired) electrons. The van der Waals surface area contributed by atoms with Crippen LogP contribution in [-0.4, -0.2) is 93.8 Å². The van der Waals surface area contributed by atoms with E-state index in [-0.39, 0.29) is 70.5 Å². The Morgan fingerprint density at radius 2 is 0.386 bits per heavy atom. The van der Waals surface area contributed by atoms with E-state index >= 15 is 0 Å². The van der Waals surface area contributed by atoms with Crippen LogP contribution in [0.2, 0.25) is 0 Å². The number of rotatable bonds is 28. The molecule has 57 heavy (non-hydrogen) atoms. The van der Waals surface area contributed by atoms with Gasteiger partial charge in [-0.05, 0) is 136 Å². The van der Waals surface area contributed by atoms with Crippen LogP contribution in [0.25, 0.3) is 0 Å². The molecule has 16 nitrogen and oxygen atoms in total. The maximum absolute atomic E-state index is 8.86. The standard InChI is InChI=1S/4C10H22O4.Ti/c4*1-6-7-10(14-11,12-8(2)3)13-9(4)5;/h4*8-9,11H,6-7H2,1-5H3;. The van der Waals surface area contributed by atoms with Crippen LogP contribution in [0.15, 0.2) is 0 Å². The zero-order chi connectivity index (χ0) is 44.8. The van der Waals surface area contributed by atoms with Gasteiger partial charge in [0.1, 0.15) is 0 Å². The van der Waals surface area contributed by atoms with E-state index in [0.29, 0.717) is 25.7 Å². The first-order chi connectivity index (χ1) is 25.8. The molecule has 0 atom stereocenters. The van der Waals surface area contributed by atoms with Crippen LogP contribution in [-0.2, 0) is 79.2 Å². The number of hydrogen-bond donors (Lipinski definition) is 4. The summed E-state index contributed by atoms with van der Waals surface area (Å²) < 4.78 is 43.6. The van der Waals surface area contributed by atoms with E-state index in [4.69, 9.17) is 58.9 Å². The van der Waals surface area contributed by atoms with Crippen molar-refractivity contribution in [2.24, 2.45) is 0 Å². The quantitative estimate of drug-likeness (QED) is 0.0251. The van der Waals surface area contributed by atoms with Gasteiger partial charge in [-0.2, -0.15) is 19.6 Å². The van der Waals surface area contributed by atoms with Crippen molar-refractivity contribution in [3.05, 3.63) is 0 Å². The molecular formula is C40H88O16Ti. The summed E-state index contributed by atoms with van der Waals surface area (Å²) >= 11 is 0. The van der Waals surface area contributed by atoms with E-state index in [0.717, 1.165) is 25.7 Å². The van der Waals surface area contributed by atoms with Crippen LogP contribution in [0, 0.1) is 0 Å². The van der Waals surface area contributed by atoms with Gasteiger partial charge >= 0.3 is 23.9 Å². The maximum Gasteiger partial charge on any atom is 0.312 e. The summed E-state index contributed by atoms with van der Waals surface area (Å²) in [6.07, 6.45) is 4.72. The average molecular weight is 873 g/mol. The van der Waals surface area contributed by atoms with Gasteiger partial charge in [0.25, 0.3) is 0 Å². The Labute approximate surface area is 361 Å². The normalized spacial score (nSPS) is 12.6. The molecule has 17 heteroatoms. The van der Waals surface area contributed by atoms with E-state index < -0.39 is 23.9 Å². The van der Waals surface area contributed by atoms with Gasteiger partial charge in [0, 0.05) is 47.4 Å². The van der Waals surface area contributed by atoms with Crippen LogP contribution < -0.4 is 0 Å². The SMILES string of the molecule is CCCC(OO)(OC(C)C)OC(C)C.CCCC(OO)(OC(C)C)OC(C)C.CCCC(OO)(OC(C)C)OC(C)C.CCCC(OO)(OC(C)C)OC(C)C.[Ti]. The molecule has 0 rings (SSSR count). The largest absolute Gasteiger partial charge is 0.323 e. The fraction of sp³-hybridized carbons (Fsp3) is 1.00. The van der Waals surface area contributed by atoms with Crippen molar-refractivity contribution in [1.29, 1.82) is 0 Å². The van der Waals surface area contributed by atoms with E-state index in [1.807, 2.05) is 138 Å². The first kappa shape index (κ1) is 66.2. The van der Waals surface area contributed by atoms with Crippen LogP contribution in [0.4, 0.5) is 0 Å². The second kappa shape index (κ2) is 36.7. The van der Waals surface area contributed by atoms with Gasteiger partial charge in [0.05, 0.1) is 48.8 Å². The Hall–Kier alpha value is 0.0743. The first-order valence-corrected chi connectivity index (χ1v) is 20.5. The van der Waals surface area contributed by atoms with Crippen LogP contribution in [0.1, 0.15) is 190 Å². The molecule has 0 aliphatic carbocycles. The molecule has 0 spiro atoms. The summed E-state index contributed by atoms with van der Waals surface area (Å²) in [5.74, 6) is -5.23. The number of hydrogen-bond acceptors (Lipinski definition) is 16. The summed E-state index contributed by atoms with van der Waals surface area (Å²) in [6, 6.07) is 0. The minimum absolute atomic E-state index is 0. The Morgan fingerprint density at radius 1 is 0.281 bits per heavy atom. The number of ether oxygens (including phenoxy) is 8. The molecular weight excluding hydrogens is 784 g/mol. The first-order valence-electron chi connectivity index (χ1n) is 20.5. The third-order valence-electron chi connectivity index (χ3n) is 6.10. The average Bonchev–Trinajstić information content (AvgIpc) is 3.03. The molecule has 0 fully saturated rings. The van der Waals surface area contributed by atoms with Crippen molar-refractivity contribution in [2.45, 2.75) is 263 Å². The van der Waals surface area contributed by atoms with Gasteiger partial charge in [-0.1, -0.05) is 27.7 Å². The Balaban J connectivity index is -0.000000210. The molecule has 0 saturated heterocycles. The van der Waals surface area contributed by atoms with Gasteiger partial charge in [-0.25, -0.2) is 21.0 Å². The monoisotopic (exact) mass is 873 g/mol. The Morgan fingerprint density at radius 3 is 0.439 bits per heavy atom. The fourth-order valence-corrected chi connectivity index (χ4v) is 5.03. The molecule has 0 aliphatic heterocycles. The molecule has 0 aromatic carbocycles. The molecule has 0 unspecified atom stereocenters. The summed E-state index contributed by atoms with van der Waals surface area (Å²) in [5, 5.41) is 35.4. The maximum atomic E-state index is 8.86. The van der Waals surface area contributed by atoms with Crippen LogP contribution >= 0.6 is 0 Å². The van der Waals surface area contributed by atoms with Crippen LogP contribution in [0.3, 0.4) is 0 Å². The minimum atomic E-state index is -1.31. The molecule has 0 aromatic heterocycles.